The SMILES string of the molecule is O=C1c2ccccc2S[C@@H](c2ccccc2)[C@@]12O[C@@H]2c1ccc(F)cc1. The van der Waals surface area contributed by atoms with Crippen LogP contribution in [0.5, 0.6) is 0 Å². The number of halogens is 1. The van der Waals surface area contributed by atoms with Crippen molar-refractivity contribution in [3.8, 4) is 0 Å². The first-order valence-electron chi connectivity index (χ1n) is 8.49. The highest BCUT2D eigenvalue weighted by Crippen LogP contribution is 2.66. The zero-order valence-electron chi connectivity index (χ0n) is 13.8. The van der Waals surface area contributed by atoms with Crippen molar-refractivity contribution in [3.63, 3.8) is 0 Å². The topological polar surface area (TPSA) is 29.6 Å². The van der Waals surface area contributed by atoms with Crippen molar-refractivity contribution in [2.24, 2.45) is 0 Å². The summed E-state index contributed by atoms with van der Waals surface area (Å²) < 4.78 is 19.4. The lowest BCUT2D eigenvalue weighted by Crippen LogP contribution is -2.35. The summed E-state index contributed by atoms with van der Waals surface area (Å²) in [6, 6.07) is 23.9. The van der Waals surface area contributed by atoms with Crippen LogP contribution in [0.2, 0.25) is 0 Å². The lowest BCUT2D eigenvalue weighted by atomic mass is 9.85. The van der Waals surface area contributed by atoms with Crippen molar-refractivity contribution < 1.29 is 13.9 Å². The molecule has 1 saturated heterocycles. The number of rotatable bonds is 2. The molecule has 3 aromatic rings. The Balaban J connectivity index is 1.64. The van der Waals surface area contributed by atoms with Gasteiger partial charge < -0.3 is 4.74 Å². The smallest absolute Gasteiger partial charge is 0.200 e. The fraction of sp³-hybridized carbons (Fsp3) is 0.136. The molecule has 0 bridgehead atoms. The van der Waals surface area contributed by atoms with Crippen molar-refractivity contribution in [2.45, 2.75) is 21.9 Å². The second-order valence-corrected chi connectivity index (χ2v) is 7.72. The molecule has 26 heavy (non-hydrogen) atoms. The third kappa shape index (κ3) is 2.26. The number of epoxide rings is 1. The maximum absolute atomic E-state index is 13.4. The lowest BCUT2D eigenvalue weighted by molar-refractivity contribution is 0.0861. The van der Waals surface area contributed by atoms with Gasteiger partial charge in [-0.1, -0.05) is 60.7 Å². The van der Waals surface area contributed by atoms with Crippen LogP contribution in [0.25, 0.3) is 0 Å². The number of hydrogen-bond acceptors (Lipinski definition) is 3. The Morgan fingerprint density at radius 3 is 2.31 bits per heavy atom. The first-order chi connectivity index (χ1) is 12.7. The fourth-order valence-corrected chi connectivity index (χ4v) is 5.18. The van der Waals surface area contributed by atoms with E-state index in [1.54, 1.807) is 23.9 Å². The summed E-state index contributed by atoms with van der Waals surface area (Å²) in [5.74, 6) is -0.284. The van der Waals surface area contributed by atoms with E-state index in [1.165, 1.54) is 12.1 Å². The van der Waals surface area contributed by atoms with Crippen LogP contribution in [0, 0.1) is 5.82 Å². The molecule has 5 rings (SSSR count). The van der Waals surface area contributed by atoms with E-state index in [0.29, 0.717) is 5.56 Å². The highest BCUT2D eigenvalue weighted by atomic mass is 32.2. The molecule has 2 aliphatic rings. The number of Topliss-reactive ketones (excluding diaryl/α,β-unsaturated/α-hetero) is 1. The van der Waals surface area contributed by atoms with E-state index >= 15 is 0 Å². The van der Waals surface area contributed by atoms with Gasteiger partial charge in [0.1, 0.15) is 11.9 Å². The first-order valence-corrected chi connectivity index (χ1v) is 9.37. The Morgan fingerprint density at radius 1 is 0.846 bits per heavy atom. The van der Waals surface area contributed by atoms with E-state index in [0.717, 1.165) is 16.0 Å². The molecule has 3 atom stereocenters. The molecule has 0 amide bonds. The van der Waals surface area contributed by atoms with E-state index in [9.17, 15) is 9.18 Å². The molecule has 128 valence electrons. The number of thioether (sulfide) groups is 1. The molecule has 3 aromatic carbocycles. The molecule has 0 N–H and O–H groups in total. The van der Waals surface area contributed by atoms with Crippen LogP contribution in [-0.2, 0) is 4.74 Å². The van der Waals surface area contributed by atoms with Gasteiger partial charge in [0.15, 0.2) is 11.4 Å². The van der Waals surface area contributed by atoms with Gasteiger partial charge in [-0.3, -0.25) is 4.79 Å². The van der Waals surface area contributed by atoms with Gasteiger partial charge in [0.2, 0.25) is 0 Å². The molecule has 0 aliphatic carbocycles. The second-order valence-electron chi connectivity index (χ2n) is 6.58. The van der Waals surface area contributed by atoms with Gasteiger partial charge in [-0.05, 0) is 29.3 Å². The summed E-state index contributed by atoms with van der Waals surface area (Å²) in [6.07, 6.45) is -0.360. The maximum atomic E-state index is 13.4. The number of ether oxygens (including phenoxy) is 1. The van der Waals surface area contributed by atoms with Gasteiger partial charge in [-0.2, -0.15) is 0 Å². The van der Waals surface area contributed by atoms with Crippen LogP contribution in [0.3, 0.4) is 0 Å². The van der Waals surface area contributed by atoms with Crippen LogP contribution in [0.1, 0.15) is 32.8 Å². The standard InChI is InChI=1S/C22H15FO2S/c23-16-12-10-14(11-13-16)20-22(25-20)19(24)17-8-4-5-9-18(17)26-21(22)15-6-2-1-3-7-15/h1-13,20-21H/t20-,21+,22-/m1/s1. The van der Waals surface area contributed by atoms with Crippen LogP contribution in [0.15, 0.2) is 83.8 Å². The minimum atomic E-state index is -0.932. The summed E-state index contributed by atoms with van der Waals surface area (Å²) in [7, 11) is 0. The predicted octanol–water partition coefficient (Wildman–Crippen LogP) is 5.37. The van der Waals surface area contributed by atoms with Crippen LogP contribution in [-0.4, -0.2) is 11.4 Å². The number of carbonyl (C=O) groups excluding carboxylic acids is 1. The molecule has 4 heteroatoms. The number of carbonyl (C=O) groups is 1. The van der Waals surface area contributed by atoms with Gasteiger partial charge >= 0.3 is 0 Å². The molecule has 2 nitrogen and oxygen atoms in total. The molecule has 2 aliphatic heterocycles. The quantitative estimate of drug-likeness (QED) is 0.574. The third-order valence-electron chi connectivity index (χ3n) is 5.04. The molecule has 0 saturated carbocycles. The van der Waals surface area contributed by atoms with Crippen molar-refractivity contribution in [3.05, 3.63) is 101 Å². The molecule has 1 spiro atoms. The number of ketones is 1. The maximum Gasteiger partial charge on any atom is 0.200 e. The van der Waals surface area contributed by atoms with Gasteiger partial charge in [0, 0.05) is 10.5 Å². The summed E-state index contributed by atoms with van der Waals surface area (Å²) in [5, 5.41) is -0.138. The first kappa shape index (κ1) is 15.8. The Bertz CT molecular complexity index is 987. The summed E-state index contributed by atoms with van der Waals surface area (Å²) >= 11 is 1.66. The minimum absolute atomic E-state index is 0.00929. The average molecular weight is 362 g/mol. The van der Waals surface area contributed by atoms with Gasteiger partial charge in [-0.15, -0.1) is 11.8 Å². The summed E-state index contributed by atoms with van der Waals surface area (Å²) in [5.41, 5.74) is 1.66. The number of fused-ring (bicyclic) bond motifs is 1. The highest BCUT2D eigenvalue weighted by molar-refractivity contribution is 7.99. The predicted molar refractivity (Wildman–Crippen MR) is 98.8 cm³/mol. The molecule has 0 aromatic heterocycles. The lowest BCUT2D eigenvalue weighted by Gasteiger charge is -2.30. The number of hydrogen-bond donors (Lipinski definition) is 0. The largest absolute Gasteiger partial charge is 0.351 e. The van der Waals surface area contributed by atoms with Crippen LogP contribution < -0.4 is 0 Å². The van der Waals surface area contributed by atoms with Gasteiger partial charge in [0.05, 0.1) is 5.25 Å². The number of benzene rings is 3. The van der Waals surface area contributed by atoms with Gasteiger partial charge in [0.25, 0.3) is 0 Å². The average Bonchev–Trinajstić information content (AvgIpc) is 3.42. The molecular weight excluding hydrogens is 347 g/mol. The molecule has 1 fully saturated rings. The van der Waals surface area contributed by atoms with E-state index in [1.807, 2.05) is 54.6 Å². The Kier molecular flexibility index (Phi) is 3.52. The zero-order valence-corrected chi connectivity index (χ0v) is 14.6. The van der Waals surface area contributed by atoms with E-state index in [2.05, 4.69) is 0 Å². The Morgan fingerprint density at radius 2 is 1.54 bits per heavy atom. The molecule has 0 unspecified atom stereocenters. The Labute approximate surface area is 155 Å². The normalized spacial score (nSPS) is 26.6. The molecular formula is C22H15FO2S. The van der Waals surface area contributed by atoms with E-state index < -0.39 is 5.60 Å². The molecule has 0 radical (unpaired) electrons. The van der Waals surface area contributed by atoms with Crippen molar-refractivity contribution in [1.82, 2.24) is 0 Å². The summed E-state index contributed by atoms with van der Waals surface area (Å²) in [4.78, 5) is 14.4. The van der Waals surface area contributed by atoms with Crippen LogP contribution in [0.4, 0.5) is 4.39 Å². The van der Waals surface area contributed by atoms with Crippen LogP contribution >= 0.6 is 11.8 Å². The monoisotopic (exact) mass is 362 g/mol. The Hall–Kier alpha value is -2.43. The third-order valence-corrected chi connectivity index (χ3v) is 6.51. The van der Waals surface area contributed by atoms with Crippen molar-refractivity contribution >= 4 is 17.5 Å². The van der Waals surface area contributed by atoms with E-state index in [4.69, 9.17) is 4.74 Å². The fourth-order valence-electron chi connectivity index (χ4n) is 3.73. The van der Waals surface area contributed by atoms with Crippen molar-refractivity contribution in [2.75, 3.05) is 0 Å². The van der Waals surface area contributed by atoms with Crippen molar-refractivity contribution in [1.29, 1.82) is 0 Å². The molecule has 2 heterocycles. The zero-order chi connectivity index (χ0) is 17.7. The second kappa shape index (κ2) is 5.79. The minimum Gasteiger partial charge on any atom is -0.351 e. The summed E-state index contributed by atoms with van der Waals surface area (Å²) in [6.45, 7) is 0. The van der Waals surface area contributed by atoms with E-state index in [-0.39, 0.29) is 23.0 Å². The van der Waals surface area contributed by atoms with Gasteiger partial charge in [-0.25, -0.2) is 4.39 Å². The highest BCUT2D eigenvalue weighted by Gasteiger charge is 2.69.